The molecule has 106 valence electrons. The van der Waals surface area contributed by atoms with Crippen LogP contribution in [0.25, 0.3) is 0 Å². The third kappa shape index (κ3) is 3.21. The monoisotopic (exact) mass is 263 g/mol. The summed E-state index contributed by atoms with van der Waals surface area (Å²) in [5.41, 5.74) is 6.81. The first-order chi connectivity index (χ1) is 9.15. The summed E-state index contributed by atoms with van der Waals surface area (Å²) in [6.45, 7) is 5.12. The summed E-state index contributed by atoms with van der Waals surface area (Å²) in [5.74, 6) is 3.13. The van der Waals surface area contributed by atoms with Gasteiger partial charge in [0.15, 0.2) is 11.5 Å². The zero-order chi connectivity index (χ0) is 13.8. The Bertz CT molecular complexity index is 397. The van der Waals surface area contributed by atoms with Crippen molar-refractivity contribution >= 4 is 0 Å². The van der Waals surface area contributed by atoms with Gasteiger partial charge in [0.05, 0.1) is 13.2 Å². The summed E-state index contributed by atoms with van der Waals surface area (Å²) in [6, 6.07) is 5.90. The Balaban J connectivity index is 2.14. The van der Waals surface area contributed by atoms with Crippen molar-refractivity contribution in [1.82, 2.24) is 0 Å². The second kappa shape index (κ2) is 6.29. The molecule has 1 aliphatic rings. The van der Waals surface area contributed by atoms with Crippen LogP contribution < -0.4 is 15.2 Å². The fraction of sp³-hybridized carbons (Fsp3) is 0.625. The fourth-order valence-electron chi connectivity index (χ4n) is 2.79. The zero-order valence-electron chi connectivity index (χ0n) is 12.2. The van der Waals surface area contributed by atoms with E-state index in [1.54, 1.807) is 7.11 Å². The van der Waals surface area contributed by atoms with Crippen LogP contribution in [0.5, 0.6) is 11.5 Å². The van der Waals surface area contributed by atoms with Crippen LogP contribution in [0.15, 0.2) is 18.2 Å². The quantitative estimate of drug-likeness (QED) is 0.906. The van der Waals surface area contributed by atoms with Crippen molar-refractivity contribution in [2.75, 3.05) is 7.11 Å². The topological polar surface area (TPSA) is 44.5 Å². The molecule has 0 aromatic heterocycles. The molecule has 0 amide bonds. The van der Waals surface area contributed by atoms with Gasteiger partial charge < -0.3 is 15.2 Å². The lowest BCUT2D eigenvalue weighted by molar-refractivity contribution is 0.0967. The summed E-state index contributed by atoms with van der Waals surface area (Å²) in [7, 11) is 1.67. The zero-order valence-corrected chi connectivity index (χ0v) is 12.2. The lowest BCUT2D eigenvalue weighted by Gasteiger charge is -2.33. The predicted molar refractivity (Wildman–Crippen MR) is 77.5 cm³/mol. The number of rotatable bonds is 4. The van der Waals surface area contributed by atoms with Crippen molar-refractivity contribution in [3.63, 3.8) is 0 Å². The van der Waals surface area contributed by atoms with Crippen molar-refractivity contribution in [3.05, 3.63) is 23.8 Å². The Morgan fingerprint density at radius 2 is 2.00 bits per heavy atom. The van der Waals surface area contributed by atoms with E-state index in [0.717, 1.165) is 41.7 Å². The van der Waals surface area contributed by atoms with E-state index < -0.39 is 0 Å². The van der Waals surface area contributed by atoms with Crippen LogP contribution in [-0.4, -0.2) is 13.2 Å². The molecule has 3 atom stereocenters. The summed E-state index contributed by atoms with van der Waals surface area (Å²) >= 11 is 0. The molecule has 2 rings (SSSR count). The second-order valence-corrected chi connectivity index (χ2v) is 5.66. The molecular formula is C16H25NO2. The largest absolute Gasteiger partial charge is 0.493 e. The minimum atomic E-state index is 0.285. The predicted octanol–water partition coefficient (Wildman–Crippen LogP) is 3.36. The van der Waals surface area contributed by atoms with Crippen LogP contribution in [0.1, 0.15) is 38.7 Å². The van der Waals surface area contributed by atoms with Crippen LogP contribution in [0.2, 0.25) is 0 Å². The lowest BCUT2D eigenvalue weighted by Crippen LogP contribution is -2.29. The van der Waals surface area contributed by atoms with Crippen LogP contribution in [0, 0.1) is 11.8 Å². The third-order valence-electron chi connectivity index (χ3n) is 4.33. The molecule has 0 bridgehead atoms. The second-order valence-electron chi connectivity index (χ2n) is 5.66. The molecule has 1 aromatic rings. The molecule has 3 nitrogen and oxygen atoms in total. The Hall–Kier alpha value is -1.22. The van der Waals surface area contributed by atoms with Gasteiger partial charge in [0.25, 0.3) is 0 Å². The first kappa shape index (κ1) is 14.2. The van der Waals surface area contributed by atoms with E-state index in [1.165, 1.54) is 6.42 Å². The minimum Gasteiger partial charge on any atom is -0.493 e. The molecule has 0 aliphatic heterocycles. The molecule has 0 spiro atoms. The number of methoxy groups -OCH3 is 1. The van der Waals surface area contributed by atoms with Crippen molar-refractivity contribution in [3.8, 4) is 11.5 Å². The highest BCUT2D eigenvalue weighted by molar-refractivity contribution is 5.46. The molecule has 2 N–H and O–H groups in total. The minimum absolute atomic E-state index is 0.285. The summed E-state index contributed by atoms with van der Waals surface area (Å²) < 4.78 is 11.6. The maximum Gasteiger partial charge on any atom is 0.166 e. The standard InChI is InChI=1S/C16H25NO2/c1-11-7-8-14(9-12(11)2)19-16-13(10-17)5-4-6-15(16)18-3/h4-6,11-12,14H,7-10,17H2,1-3H3. The van der Waals surface area contributed by atoms with Crippen LogP contribution in [0.3, 0.4) is 0 Å². The van der Waals surface area contributed by atoms with Gasteiger partial charge in [-0.15, -0.1) is 0 Å². The van der Waals surface area contributed by atoms with Gasteiger partial charge in [-0.25, -0.2) is 0 Å². The van der Waals surface area contributed by atoms with Crippen molar-refractivity contribution in [2.45, 2.75) is 45.8 Å². The molecule has 0 heterocycles. The Kier molecular flexibility index (Phi) is 4.70. The maximum absolute atomic E-state index is 6.21. The Labute approximate surface area is 116 Å². The summed E-state index contributed by atoms with van der Waals surface area (Å²) in [5, 5.41) is 0. The highest BCUT2D eigenvalue weighted by atomic mass is 16.5. The van der Waals surface area contributed by atoms with Gasteiger partial charge in [-0.2, -0.15) is 0 Å². The molecule has 1 aromatic carbocycles. The highest BCUT2D eigenvalue weighted by Crippen LogP contribution is 2.36. The van der Waals surface area contributed by atoms with Crippen molar-refractivity contribution < 1.29 is 9.47 Å². The van der Waals surface area contributed by atoms with Gasteiger partial charge in [0, 0.05) is 12.1 Å². The third-order valence-corrected chi connectivity index (χ3v) is 4.33. The van der Waals surface area contributed by atoms with Crippen molar-refractivity contribution in [1.29, 1.82) is 0 Å². The van der Waals surface area contributed by atoms with E-state index in [-0.39, 0.29) is 6.10 Å². The van der Waals surface area contributed by atoms with Crippen molar-refractivity contribution in [2.24, 2.45) is 17.6 Å². The van der Waals surface area contributed by atoms with E-state index in [2.05, 4.69) is 13.8 Å². The van der Waals surface area contributed by atoms with Gasteiger partial charge in [-0.05, 0) is 37.2 Å². The van der Waals surface area contributed by atoms with E-state index in [1.807, 2.05) is 18.2 Å². The lowest BCUT2D eigenvalue weighted by atomic mass is 9.80. The molecule has 1 saturated carbocycles. The molecular weight excluding hydrogens is 238 g/mol. The van der Waals surface area contributed by atoms with E-state index in [9.17, 15) is 0 Å². The number of nitrogens with two attached hydrogens (primary N) is 1. The van der Waals surface area contributed by atoms with Gasteiger partial charge in [0.2, 0.25) is 0 Å². The summed E-state index contributed by atoms with van der Waals surface area (Å²) in [4.78, 5) is 0. The molecule has 3 unspecified atom stereocenters. The first-order valence-electron chi connectivity index (χ1n) is 7.18. The number of hydrogen-bond acceptors (Lipinski definition) is 3. The molecule has 19 heavy (non-hydrogen) atoms. The van der Waals surface area contributed by atoms with Crippen LogP contribution >= 0.6 is 0 Å². The first-order valence-corrected chi connectivity index (χ1v) is 7.18. The average molecular weight is 263 g/mol. The summed E-state index contributed by atoms with van der Waals surface area (Å²) in [6.07, 6.45) is 3.75. The number of benzene rings is 1. The molecule has 0 saturated heterocycles. The normalized spacial score (nSPS) is 27.1. The number of ether oxygens (including phenoxy) is 2. The number of para-hydroxylation sites is 1. The average Bonchev–Trinajstić information content (AvgIpc) is 2.43. The molecule has 0 radical (unpaired) electrons. The number of hydrogen-bond donors (Lipinski definition) is 1. The highest BCUT2D eigenvalue weighted by Gasteiger charge is 2.27. The molecule has 3 heteroatoms. The SMILES string of the molecule is COc1cccc(CN)c1OC1CCC(C)C(C)C1. The molecule has 1 fully saturated rings. The van der Waals surface area contributed by atoms with Gasteiger partial charge in [0.1, 0.15) is 0 Å². The van der Waals surface area contributed by atoms with Gasteiger partial charge >= 0.3 is 0 Å². The van der Waals surface area contributed by atoms with Gasteiger partial charge in [-0.1, -0.05) is 26.0 Å². The van der Waals surface area contributed by atoms with E-state index in [0.29, 0.717) is 6.54 Å². The maximum atomic E-state index is 6.21. The smallest absolute Gasteiger partial charge is 0.166 e. The van der Waals surface area contributed by atoms with E-state index in [4.69, 9.17) is 15.2 Å². The Morgan fingerprint density at radius 1 is 1.21 bits per heavy atom. The fourth-order valence-corrected chi connectivity index (χ4v) is 2.79. The van der Waals surface area contributed by atoms with E-state index >= 15 is 0 Å². The van der Waals surface area contributed by atoms with Gasteiger partial charge in [-0.3, -0.25) is 0 Å². The molecule has 1 aliphatic carbocycles. The Morgan fingerprint density at radius 3 is 2.63 bits per heavy atom. The van der Waals surface area contributed by atoms with Crippen LogP contribution in [0.4, 0.5) is 0 Å². The van der Waals surface area contributed by atoms with Crippen LogP contribution in [-0.2, 0) is 6.54 Å².